The molecule has 3 aromatic rings. The molecule has 1 saturated carbocycles. The second-order valence-corrected chi connectivity index (χ2v) is 8.43. The molecule has 1 fully saturated rings. The van der Waals surface area contributed by atoms with E-state index in [1.165, 1.54) is 11.3 Å². The maximum absolute atomic E-state index is 12.3. The number of carbonyl (C=O) groups excluding carboxylic acids is 1. The lowest BCUT2D eigenvalue weighted by Crippen LogP contribution is -2.40. The van der Waals surface area contributed by atoms with E-state index in [1.54, 1.807) is 11.8 Å². The number of amides is 1. The highest BCUT2D eigenvalue weighted by Crippen LogP contribution is 2.38. The molecule has 4 rings (SSSR count). The third-order valence-electron chi connectivity index (χ3n) is 5.36. The molecule has 8 heteroatoms. The summed E-state index contributed by atoms with van der Waals surface area (Å²) in [5.41, 5.74) is 2.61. The van der Waals surface area contributed by atoms with Gasteiger partial charge in [-0.15, -0.1) is 11.3 Å². The van der Waals surface area contributed by atoms with E-state index in [-0.39, 0.29) is 11.4 Å². The van der Waals surface area contributed by atoms with Crippen LogP contribution in [0.4, 0.5) is 10.8 Å². The quantitative estimate of drug-likeness (QED) is 0.648. The first-order valence-corrected chi connectivity index (χ1v) is 10.7. The number of hydrogen-bond acceptors (Lipinski definition) is 7. The van der Waals surface area contributed by atoms with Crippen molar-refractivity contribution in [2.24, 2.45) is 0 Å². The van der Waals surface area contributed by atoms with Crippen molar-refractivity contribution in [3.05, 3.63) is 52.6 Å². The molecule has 1 aliphatic rings. The van der Waals surface area contributed by atoms with Gasteiger partial charge in [-0.3, -0.25) is 15.0 Å². The molecular formula is C21H25N5O2S. The van der Waals surface area contributed by atoms with E-state index in [0.717, 1.165) is 48.5 Å². The smallest absolute Gasteiger partial charge is 0.230 e. The molecule has 29 heavy (non-hydrogen) atoms. The van der Waals surface area contributed by atoms with E-state index >= 15 is 0 Å². The van der Waals surface area contributed by atoms with E-state index in [2.05, 4.69) is 15.5 Å². The Labute approximate surface area is 174 Å². The first kappa shape index (κ1) is 19.7. The van der Waals surface area contributed by atoms with Crippen LogP contribution in [0.25, 0.3) is 0 Å². The highest BCUT2D eigenvalue weighted by molar-refractivity contribution is 7.14. The minimum atomic E-state index is -0.265. The zero-order chi connectivity index (χ0) is 20.4. The normalized spacial score (nSPS) is 15.6. The second kappa shape index (κ2) is 8.04. The molecule has 0 aliphatic heterocycles. The van der Waals surface area contributed by atoms with E-state index < -0.39 is 0 Å². The largest absolute Gasteiger partial charge is 0.340 e. The highest BCUT2D eigenvalue weighted by Gasteiger charge is 2.39. The first-order chi connectivity index (χ1) is 14.0. The summed E-state index contributed by atoms with van der Waals surface area (Å²) >= 11 is 1.47. The Kier molecular flexibility index (Phi) is 5.47. The molecule has 1 aromatic carbocycles. The van der Waals surface area contributed by atoms with E-state index in [4.69, 9.17) is 9.51 Å². The van der Waals surface area contributed by atoms with Gasteiger partial charge in [0.25, 0.3) is 0 Å². The van der Waals surface area contributed by atoms with E-state index in [9.17, 15) is 4.79 Å². The molecule has 0 radical (unpaired) electrons. The molecule has 0 unspecified atom stereocenters. The number of anilines is 2. The van der Waals surface area contributed by atoms with Gasteiger partial charge in [0, 0.05) is 25.8 Å². The van der Waals surface area contributed by atoms with Gasteiger partial charge in [-0.2, -0.15) is 4.98 Å². The average molecular weight is 412 g/mol. The van der Waals surface area contributed by atoms with Crippen LogP contribution in [0, 0.1) is 13.8 Å². The van der Waals surface area contributed by atoms with Crippen LogP contribution in [0.15, 0.2) is 34.2 Å². The lowest BCUT2D eigenvalue weighted by Gasteiger charge is -2.26. The van der Waals surface area contributed by atoms with Crippen molar-refractivity contribution >= 4 is 28.1 Å². The number of aromatic nitrogens is 3. The fourth-order valence-corrected chi connectivity index (χ4v) is 4.70. The van der Waals surface area contributed by atoms with Gasteiger partial charge in [-0.1, -0.05) is 35.7 Å². The number of thiazole rings is 1. The standard InChI is InChI=1S/C21H25N5O2S/c1-14-6-8-18(9-7-14)26(16(3)27)20-24-17(13-29-20)12-22-21(10-4-5-11-21)19-23-15(2)28-25-19/h6-9,13,22H,4-5,10-12H2,1-3H3. The van der Waals surface area contributed by atoms with Crippen LogP contribution >= 0.6 is 11.3 Å². The third kappa shape index (κ3) is 4.09. The maximum atomic E-state index is 12.3. The van der Waals surface area contributed by atoms with Crippen LogP contribution in [0.5, 0.6) is 0 Å². The SMILES string of the molecule is CC(=O)N(c1ccc(C)cc1)c1nc(CNC2(c3noc(C)n3)CCCC2)cs1. The van der Waals surface area contributed by atoms with E-state index in [0.29, 0.717) is 17.6 Å². The summed E-state index contributed by atoms with van der Waals surface area (Å²) in [6.07, 6.45) is 4.22. The van der Waals surface area contributed by atoms with Crippen molar-refractivity contribution in [3.8, 4) is 0 Å². The van der Waals surface area contributed by atoms with Gasteiger partial charge in [0.2, 0.25) is 11.8 Å². The molecule has 1 N–H and O–H groups in total. The number of rotatable bonds is 6. The Bertz CT molecular complexity index is 989. The Morgan fingerprint density at radius 1 is 1.21 bits per heavy atom. The lowest BCUT2D eigenvalue weighted by atomic mass is 9.96. The topological polar surface area (TPSA) is 84.2 Å². The minimum Gasteiger partial charge on any atom is -0.340 e. The van der Waals surface area contributed by atoms with Gasteiger partial charge < -0.3 is 4.52 Å². The lowest BCUT2D eigenvalue weighted by molar-refractivity contribution is -0.115. The summed E-state index contributed by atoms with van der Waals surface area (Å²) in [6, 6.07) is 7.89. The van der Waals surface area contributed by atoms with Crippen LogP contribution in [0.1, 0.15) is 55.6 Å². The second-order valence-electron chi connectivity index (χ2n) is 7.59. The van der Waals surface area contributed by atoms with Gasteiger partial charge in [0.05, 0.1) is 16.9 Å². The van der Waals surface area contributed by atoms with Crippen molar-refractivity contribution in [2.45, 2.75) is 58.5 Å². The minimum absolute atomic E-state index is 0.0581. The molecule has 0 spiro atoms. The summed E-state index contributed by atoms with van der Waals surface area (Å²) in [7, 11) is 0. The molecule has 0 saturated heterocycles. The predicted molar refractivity (Wildman–Crippen MR) is 112 cm³/mol. The molecular weight excluding hydrogens is 386 g/mol. The van der Waals surface area contributed by atoms with Crippen LogP contribution < -0.4 is 10.2 Å². The fraction of sp³-hybridized carbons (Fsp3) is 0.429. The zero-order valence-electron chi connectivity index (χ0n) is 16.9. The maximum Gasteiger partial charge on any atom is 0.230 e. The van der Waals surface area contributed by atoms with Crippen molar-refractivity contribution < 1.29 is 9.32 Å². The highest BCUT2D eigenvalue weighted by atomic mass is 32.1. The predicted octanol–water partition coefficient (Wildman–Crippen LogP) is 4.39. The van der Waals surface area contributed by atoms with Crippen LogP contribution in [0.2, 0.25) is 0 Å². The molecule has 0 bridgehead atoms. The zero-order valence-corrected chi connectivity index (χ0v) is 17.8. The number of nitrogens with zero attached hydrogens (tertiary/aromatic N) is 4. The first-order valence-electron chi connectivity index (χ1n) is 9.84. The van der Waals surface area contributed by atoms with Crippen LogP contribution in [-0.4, -0.2) is 21.0 Å². The average Bonchev–Trinajstić information content (AvgIpc) is 3.43. The third-order valence-corrected chi connectivity index (χ3v) is 6.23. The molecule has 7 nitrogen and oxygen atoms in total. The molecule has 0 atom stereocenters. The fourth-order valence-electron chi connectivity index (χ4n) is 3.81. The van der Waals surface area contributed by atoms with Crippen LogP contribution in [-0.2, 0) is 16.9 Å². The molecule has 1 amide bonds. The van der Waals surface area contributed by atoms with Gasteiger partial charge in [-0.25, -0.2) is 4.98 Å². The number of benzene rings is 1. The Balaban J connectivity index is 1.52. The van der Waals surface area contributed by atoms with Crippen molar-refractivity contribution in [1.29, 1.82) is 0 Å². The molecule has 1 aliphatic carbocycles. The molecule has 152 valence electrons. The molecule has 2 heterocycles. The van der Waals surface area contributed by atoms with Crippen LogP contribution in [0.3, 0.4) is 0 Å². The van der Waals surface area contributed by atoms with Crippen molar-refractivity contribution in [3.63, 3.8) is 0 Å². The Morgan fingerprint density at radius 2 is 1.93 bits per heavy atom. The summed E-state index contributed by atoms with van der Waals surface area (Å²) in [5.74, 6) is 1.25. The monoisotopic (exact) mass is 411 g/mol. The van der Waals surface area contributed by atoms with Gasteiger partial charge in [0.15, 0.2) is 11.0 Å². The van der Waals surface area contributed by atoms with Crippen molar-refractivity contribution in [2.75, 3.05) is 4.90 Å². The van der Waals surface area contributed by atoms with Gasteiger partial charge in [0.1, 0.15) is 0 Å². The summed E-state index contributed by atoms with van der Waals surface area (Å²) < 4.78 is 5.21. The number of hydrogen-bond donors (Lipinski definition) is 1. The van der Waals surface area contributed by atoms with Gasteiger partial charge >= 0.3 is 0 Å². The number of nitrogens with one attached hydrogen (secondary N) is 1. The number of carbonyl (C=O) groups is 1. The summed E-state index contributed by atoms with van der Waals surface area (Å²) in [4.78, 5) is 23.1. The molecule has 2 aromatic heterocycles. The Morgan fingerprint density at radius 3 is 2.55 bits per heavy atom. The summed E-state index contributed by atoms with van der Waals surface area (Å²) in [6.45, 7) is 5.99. The summed E-state index contributed by atoms with van der Waals surface area (Å²) in [5, 5.41) is 10.5. The Hall–Kier alpha value is -2.58. The number of aryl methyl sites for hydroxylation is 2. The van der Waals surface area contributed by atoms with Gasteiger partial charge in [-0.05, 0) is 31.9 Å². The van der Waals surface area contributed by atoms with E-state index in [1.807, 2.05) is 43.5 Å². The van der Waals surface area contributed by atoms with Crippen molar-refractivity contribution in [1.82, 2.24) is 20.4 Å².